The molecule has 5 nitrogen and oxygen atoms in total. The van der Waals surface area contributed by atoms with Crippen molar-refractivity contribution in [1.29, 1.82) is 0 Å². The summed E-state index contributed by atoms with van der Waals surface area (Å²) in [5.74, 6) is 0.995. The van der Waals surface area contributed by atoms with E-state index in [1.54, 1.807) is 18.2 Å². The van der Waals surface area contributed by atoms with Crippen LogP contribution in [-0.4, -0.2) is 43.8 Å². The molecule has 0 spiro atoms. The van der Waals surface area contributed by atoms with Crippen molar-refractivity contribution < 1.29 is 19.4 Å². The maximum absolute atomic E-state index is 11.3. The molecule has 22 heavy (non-hydrogen) atoms. The number of ketones is 1. The zero-order chi connectivity index (χ0) is 16.4. The Labute approximate surface area is 132 Å². The van der Waals surface area contributed by atoms with Gasteiger partial charge in [0.05, 0.1) is 7.11 Å². The number of hydrogen-bond acceptors (Lipinski definition) is 5. The summed E-state index contributed by atoms with van der Waals surface area (Å²) in [5, 5.41) is 13.1. The molecular weight excluding hydrogens is 282 g/mol. The third kappa shape index (κ3) is 6.45. The van der Waals surface area contributed by atoms with Gasteiger partial charge in [0, 0.05) is 12.1 Å². The summed E-state index contributed by atoms with van der Waals surface area (Å²) in [6.07, 6.45) is 2.91. The normalized spacial score (nSPS) is 12.0. The van der Waals surface area contributed by atoms with Gasteiger partial charge < -0.3 is 19.9 Å². The molecule has 124 valence electrons. The van der Waals surface area contributed by atoms with Crippen LogP contribution in [0.3, 0.4) is 0 Å². The molecule has 0 aliphatic rings. The number of unbranched alkanes of at least 4 members (excludes halogenated alkanes) is 2. The molecule has 0 bridgehead atoms. The van der Waals surface area contributed by atoms with Crippen molar-refractivity contribution >= 4 is 5.78 Å². The first-order valence-electron chi connectivity index (χ1n) is 7.79. The quantitative estimate of drug-likeness (QED) is 0.485. The fraction of sp³-hybridized carbons (Fsp3) is 0.588. The van der Waals surface area contributed by atoms with E-state index >= 15 is 0 Å². The summed E-state index contributed by atoms with van der Waals surface area (Å²) in [4.78, 5) is 11.3. The second-order valence-corrected chi connectivity index (χ2v) is 5.30. The van der Waals surface area contributed by atoms with E-state index < -0.39 is 6.10 Å². The summed E-state index contributed by atoms with van der Waals surface area (Å²) >= 11 is 0. The number of ether oxygens (including phenoxy) is 2. The van der Waals surface area contributed by atoms with Gasteiger partial charge in [-0.1, -0.05) is 19.8 Å². The van der Waals surface area contributed by atoms with Crippen LogP contribution < -0.4 is 14.8 Å². The van der Waals surface area contributed by atoms with E-state index in [4.69, 9.17) is 9.47 Å². The number of methoxy groups -OCH3 is 1. The third-order valence-corrected chi connectivity index (χ3v) is 3.34. The van der Waals surface area contributed by atoms with Gasteiger partial charge in [0.1, 0.15) is 12.7 Å². The molecule has 1 rings (SSSR count). The van der Waals surface area contributed by atoms with Gasteiger partial charge in [0.15, 0.2) is 17.3 Å². The number of rotatable bonds is 11. The minimum absolute atomic E-state index is 0.0267. The van der Waals surface area contributed by atoms with Crippen LogP contribution in [0.4, 0.5) is 0 Å². The lowest BCUT2D eigenvalue weighted by Gasteiger charge is -2.15. The number of benzene rings is 1. The van der Waals surface area contributed by atoms with Crippen molar-refractivity contribution in [1.82, 2.24) is 5.32 Å². The zero-order valence-corrected chi connectivity index (χ0v) is 13.7. The highest BCUT2D eigenvalue weighted by molar-refractivity contribution is 5.94. The van der Waals surface area contributed by atoms with Crippen molar-refractivity contribution in [3.05, 3.63) is 23.8 Å². The highest BCUT2D eigenvalue weighted by Crippen LogP contribution is 2.28. The lowest BCUT2D eigenvalue weighted by molar-refractivity contribution is 0.101. The molecule has 0 saturated carbocycles. The Kier molecular flexibility index (Phi) is 8.55. The van der Waals surface area contributed by atoms with Crippen LogP contribution in [0.2, 0.25) is 0 Å². The van der Waals surface area contributed by atoms with Crippen LogP contribution in [0.5, 0.6) is 11.5 Å². The zero-order valence-electron chi connectivity index (χ0n) is 13.7. The van der Waals surface area contributed by atoms with Gasteiger partial charge in [-0.25, -0.2) is 0 Å². The molecule has 0 heterocycles. The minimum Gasteiger partial charge on any atom is -0.493 e. The second kappa shape index (κ2) is 10.2. The third-order valence-electron chi connectivity index (χ3n) is 3.34. The van der Waals surface area contributed by atoms with Crippen LogP contribution in [0.25, 0.3) is 0 Å². The van der Waals surface area contributed by atoms with E-state index in [-0.39, 0.29) is 12.4 Å². The molecule has 0 radical (unpaired) electrons. The summed E-state index contributed by atoms with van der Waals surface area (Å²) in [7, 11) is 1.53. The first-order valence-corrected chi connectivity index (χ1v) is 7.79. The molecule has 0 unspecified atom stereocenters. The van der Waals surface area contributed by atoms with Gasteiger partial charge in [-0.05, 0) is 38.1 Å². The van der Waals surface area contributed by atoms with Crippen molar-refractivity contribution in [2.45, 2.75) is 39.2 Å². The average Bonchev–Trinajstić information content (AvgIpc) is 2.52. The predicted octanol–water partition coefficient (Wildman–Crippen LogP) is 2.42. The van der Waals surface area contributed by atoms with Crippen molar-refractivity contribution in [2.24, 2.45) is 0 Å². The summed E-state index contributed by atoms with van der Waals surface area (Å²) < 4.78 is 10.8. The number of hydrogen-bond donors (Lipinski definition) is 2. The standard InChI is InChI=1S/C17H27NO4/c1-4-5-6-9-18-11-15(20)12-22-16-8-7-14(13(2)19)10-17(16)21-3/h7-8,10,15,18,20H,4-6,9,11-12H2,1-3H3/t15-/m1/s1. The Morgan fingerprint density at radius 1 is 1.32 bits per heavy atom. The van der Waals surface area contributed by atoms with Gasteiger partial charge in [-0.15, -0.1) is 0 Å². The molecular formula is C17H27NO4. The summed E-state index contributed by atoms with van der Waals surface area (Å²) in [6.45, 7) is 5.24. The molecule has 1 aromatic carbocycles. The van der Waals surface area contributed by atoms with Gasteiger partial charge in [-0.3, -0.25) is 4.79 Å². The smallest absolute Gasteiger partial charge is 0.161 e. The molecule has 0 aliphatic heterocycles. The molecule has 1 aromatic rings. The number of Topliss-reactive ketones (excluding diaryl/α,β-unsaturated/α-hetero) is 1. The van der Waals surface area contributed by atoms with Crippen LogP contribution in [0.15, 0.2) is 18.2 Å². The lowest BCUT2D eigenvalue weighted by Crippen LogP contribution is -2.32. The van der Waals surface area contributed by atoms with E-state index in [9.17, 15) is 9.90 Å². The number of aliphatic hydroxyl groups excluding tert-OH is 1. The molecule has 0 aromatic heterocycles. The molecule has 5 heteroatoms. The van der Waals surface area contributed by atoms with Gasteiger partial charge in [-0.2, -0.15) is 0 Å². The Bertz CT molecular complexity index is 462. The van der Waals surface area contributed by atoms with E-state index in [0.29, 0.717) is 23.6 Å². The van der Waals surface area contributed by atoms with E-state index in [1.165, 1.54) is 26.9 Å². The largest absolute Gasteiger partial charge is 0.493 e. The van der Waals surface area contributed by atoms with Gasteiger partial charge in [0.2, 0.25) is 0 Å². The first-order chi connectivity index (χ1) is 10.6. The summed E-state index contributed by atoms with van der Waals surface area (Å²) in [5.41, 5.74) is 0.572. The van der Waals surface area contributed by atoms with Crippen molar-refractivity contribution in [3.8, 4) is 11.5 Å². The maximum Gasteiger partial charge on any atom is 0.161 e. The molecule has 0 amide bonds. The van der Waals surface area contributed by atoms with E-state index in [2.05, 4.69) is 12.2 Å². The first kappa shape index (κ1) is 18.5. The molecule has 0 fully saturated rings. The lowest BCUT2D eigenvalue weighted by atomic mass is 10.1. The monoisotopic (exact) mass is 309 g/mol. The van der Waals surface area contributed by atoms with Crippen LogP contribution >= 0.6 is 0 Å². The van der Waals surface area contributed by atoms with Crippen molar-refractivity contribution in [3.63, 3.8) is 0 Å². The fourth-order valence-corrected chi connectivity index (χ4v) is 2.02. The highest BCUT2D eigenvalue weighted by atomic mass is 16.5. The topological polar surface area (TPSA) is 67.8 Å². The van der Waals surface area contributed by atoms with Crippen LogP contribution in [0.1, 0.15) is 43.5 Å². The van der Waals surface area contributed by atoms with E-state index in [0.717, 1.165) is 13.0 Å². The molecule has 0 saturated heterocycles. The van der Waals surface area contributed by atoms with E-state index in [1.807, 2.05) is 0 Å². The fourth-order valence-electron chi connectivity index (χ4n) is 2.02. The van der Waals surface area contributed by atoms with Crippen LogP contribution in [0, 0.1) is 0 Å². The number of aliphatic hydroxyl groups is 1. The molecule has 2 N–H and O–H groups in total. The summed E-state index contributed by atoms with van der Waals surface area (Å²) in [6, 6.07) is 5.03. The Balaban J connectivity index is 2.41. The number of nitrogens with one attached hydrogen (secondary N) is 1. The molecule has 1 atom stereocenters. The Hall–Kier alpha value is -1.59. The highest BCUT2D eigenvalue weighted by Gasteiger charge is 2.10. The minimum atomic E-state index is -0.584. The SMILES string of the molecule is CCCCCNC[C@@H](O)COc1ccc(C(C)=O)cc1OC. The molecule has 0 aliphatic carbocycles. The number of carbonyl (C=O) groups is 1. The Morgan fingerprint density at radius 2 is 2.09 bits per heavy atom. The predicted molar refractivity (Wildman–Crippen MR) is 86.9 cm³/mol. The maximum atomic E-state index is 11.3. The van der Waals surface area contributed by atoms with Gasteiger partial charge >= 0.3 is 0 Å². The second-order valence-electron chi connectivity index (χ2n) is 5.30. The average molecular weight is 309 g/mol. The Morgan fingerprint density at radius 3 is 2.73 bits per heavy atom. The van der Waals surface area contributed by atoms with Crippen molar-refractivity contribution in [2.75, 3.05) is 26.8 Å². The number of carbonyl (C=O) groups excluding carboxylic acids is 1. The van der Waals surface area contributed by atoms with Gasteiger partial charge in [0.25, 0.3) is 0 Å². The van der Waals surface area contributed by atoms with Crippen LogP contribution in [-0.2, 0) is 0 Å².